The number of fused-ring (bicyclic) bond motifs is 5. The van der Waals surface area contributed by atoms with Crippen molar-refractivity contribution in [3.63, 3.8) is 0 Å². The lowest BCUT2D eigenvalue weighted by Gasteiger charge is -2.29. The monoisotopic (exact) mass is 843 g/mol. The molecule has 0 atom stereocenters. The molecule has 1 heteroatoms. The fourth-order valence-electron chi connectivity index (χ4n) is 11.1. The Bertz CT molecular complexity index is 3320. The van der Waals surface area contributed by atoms with Crippen molar-refractivity contribution in [1.29, 1.82) is 0 Å². The molecule has 2 aliphatic carbocycles. The highest BCUT2D eigenvalue weighted by Crippen LogP contribution is 2.57. The van der Waals surface area contributed by atoms with Crippen LogP contribution >= 0.6 is 0 Å². The molecule has 314 valence electrons. The Kier molecular flexibility index (Phi) is 10.1. The summed E-state index contributed by atoms with van der Waals surface area (Å²) in [5.74, 6) is 0. The summed E-state index contributed by atoms with van der Waals surface area (Å²) in [6, 6.07) is 91.6. The van der Waals surface area contributed by atoms with E-state index >= 15 is 0 Å². The molecule has 0 bridgehead atoms. The molecule has 1 saturated carbocycles. The maximum Gasteiger partial charge on any atom is 0.0540 e. The van der Waals surface area contributed by atoms with Crippen LogP contribution in [0.2, 0.25) is 0 Å². The SMILES string of the molecule is c1ccc(-c2ccc(-c3ccc(N(c4ccc(-c5ccc6c(c5)C5(CCCC5)c5ccccc5-6)cc4)c4ccccc4-c4ccccc4-c4ccccc4-c4ccccc4)cc3)cc2)cc1. The van der Waals surface area contributed by atoms with Gasteiger partial charge in [-0.2, -0.15) is 0 Å². The van der Waals surface area contributed by atoms with Gasteiger partial charge < -0.3 is 4.90 Å². The Balaban J connectivity index is 0.960. The molecular formula is C65H49N. The van der Waals surface area contributed by atoms with E-state index in [0.29, 0.717) is 0 Å². The Morgan fingerprint density at radius 1 is 0.258 bits per heavy atom. The number of nitrogens with zero attached hydrogens (tertiary/aromatic N) is 1. The van der Waals surface area contributed by atoms with Gasteiger partial charge in [0.15, 0.2) is 0 Å². The van der Waals surface area contributed by atoms with Crippen molar-refractivity contribution in [2.24, 2.45) is 0 Å². The van der Waals surface area contributed by atoms with Crippen molar-refractivity contribution in [2.45, 2.75) is 31.1 Å². The van der Waals surface area contributed by atoms with Gasteiger partial charge in [0, 0.05) is 22.4 Å². The first kappa shape index (κ1) is 39.6. The number of benzene rings is 10. The van der Waals surface area contributed by atoms with Gasteiger partial charge in [0.2, 0.25) is 0 Å². The first-order chi connectivity index (χ1) is 32.7. The first-order valence-electron chi connectivity index (χ1n) is 23.5. The van der Waals surface area contributed by atoms with E-state index in [2.05, 4.69) is 254 Å². The van der Waals surface area contributed by atoms with Crippen molar-refractivity contribution < 1.29 is 0 Å². The summed E-state index contributed by atoms with van der Waals surface area (Å²) in [6.07, 6.45) is 5.03. The van der Waals surface area contributed by atoms with E-state index in [1.165, 1.54) is 115 Å². The van der Waals surface area contributed by atoms with Gasteiger partial charge in [-0.05, 0) is 133 Å². The Labute approximate surface area is 389 Å². The molecule has 10 aromatic rings. The number of hydrogen-bond donors (Lipinski definition) is 0. The molecule has 1 fully saturated rings. The average molecular weight is 844 g/mol. The fourth-order valence-corrected chi connectivity index (χ4v) is 11.1. The zero-order valence-electron chi connectivity index (χ0n) is 36.9. The largest absolute Gasteiger partial charge is 0.310 e. The lowest BCUT2D eigenvalue weighted by atomic mass is 9.76. The summed E-state index contributed by atoms with van der Waals surface area (Å²) in [6.45, 7) is 0. The molecule has 66 heavy (non-hydrogen) atoms. The van der Waals surface area contributed by atoms with Gasteiger partial charge >= 0.3 is 0 Å². The minimum absolute atomic E-state index is 0.135. The third kappa shape index (κ3) is 6.96. The van der Waals surface area contributed by atoms with Gasteiger partial charge in [0.05, 0.1) is 5.69 Å². The van der Waals surface area contributed by atoms with E-state index in [0.717, 1.165) is 17.1 Å². The predicted molar refractivity (Wildman–Crippen MR) is 278 cm³/mol. The maximum absolute atomic E-state index is 2.51. The molecule has 1 spiro atoms. The first-order valence-corrected chi connectivity index (χ1v) is 23.5. The summed E-state index contributed by atoms with van der Waals surface area (Å²) in [5, 5.41) is 0. The topological polar surface area (TPSA) is 3.24 Å². The molecule has 1 nitrogen and oxygen atoms in total. The highest BCUT2D eigenvalue weighted by Gasteiger charge is 2.44. The van der Waals surface area contributed by atoms with Crippen LogP contribution in [0.4, 0.5) is 17.1 Å². The van der Waals surface area contributed by atoms with Crippen LogP contribution in [-0.2, 0) is 5.41 Å². The molecule has 0 unspecified atom stereocenters. The van der Waals surface area contributed by atoms with Crippen LogP contribution in [0.15, 0.2) is 249 Å². The smallest absolute Gasteiger partial charge is 0.0540 e. The van der Waals surface area contributed by atoms with Crippen LogP contribution in [0.5, 0.6) is 0 Å². The van der Waals surface area contributed by atoms with Gasteiger partial charge in [-0.25, -0.2) is 0 Å². The molecule has 10 aromatic carbocycles. The zero-order chi connectivity index (χ0) is 43.9. The van der Waals surface area contributed by atoms with Gasteiger partial charge in [-0.15, -0.1) is 0 Å². The van der Waals surface area contributed by atoms with E-state index in [1.807, 2.05) is 0 Å². The van der Waals surface area contributed by atoms with E-state index in [-0.39, 0.29) is 5.41 Å². The van der Waals surface area contributed by atoms with Crippen LogP contribution in [-0.4, -0.2) is 0 Å². The standard InChI is InChI=1S/C65H49N/c1-3-17-46(18-4-1)47-29-31-48(32-30-47)49-33-38-53(39-34-49)66(54-40-35-50(36-41-54)52-37-42-60-59-25-11-13-27-62(59)65(63(60)45-52)43-15-16-44-65)64-28-14-12-26-61(64)58-24-10-9-23-57(58)56-22-8-7-21-55(56)51-19-5-2-6-20-51/h1-14,17-42,45H,15-16,43-44H2. The van der Waals surface area contributed by atoms with Crippen LogP contribution in [0, 0.1) is 0 Å². The summed E-state index contributed by atoms with van der Waals surface area (Å²) in [5.41, 5.74) is 23.9. The molecule has 0 radical (unpaired) electrons. The maximum atomic E-state index is 2.51. The number of para-hydroxylation sites is 1. The molecule has 0 saturated heterocycles. The van der Waals surface area contributed by atoms with Crippen LogP contribution < -0.4 is 4.90 Å². The number of hydrogen-bond acceptors (Lipinski definition) is 1. The third-order valence-electron chi connectivity index (χ3n) is 14.3. The van der Waals surface area contributed by atoms with Crippen LogP contribution in [0.25, 0.3) is 77.9 Å². The second kappa shape index (κ2) is 16.8. The quantitative estimate of drug-likeness (QED) is 0.140. The Morgan fingerprint density at radius 2 is 0.636 bits per heavy atom. The second-order valence-corrected chi connectivity index (χ2v) is 17.9. The summed E-state index contributed by atoms with van der Waals surface area (Å²) < 4.78 is 0. The molecule has 0 N–H and O–H groups in total. The van der Waals surface area contributed by atoms with Crippen molar-refractivity contribution in [2.75, 3.05) is 4.90 Å². The number of rotatable bonds is 9. The molecule has 0 heterocycles. The van der Waals surface area contributed by atoms with Crippen LogP contribution in [0.1, 0.15) is 36.8 Å². The lowest BCUT2D eigenvalue weighted by Crippen LogP contribution is -2.20. The minimum atomic E-state index is 0.135. The van der Waals surface area contributed by atoms with Crippen molar-refractivity contribution in [3.05, 3.63) is 260 Å². The van der Waals surface area contributed by atoms with Crippen molar-refractivity contribution >= 4 is 17.1 Å². The van der Waals surface area contributed by atoms with Gasteiger partial charge in [0.25, 0.3) is 0 Å². The van der Waals surface area contributed by atoms with Crippen LogP contribution in [0.3, 0.4) is 0 Å². The lowest BCUT2D eigenvalue weighted by molar-refractivity contribution is 0.550. The highest BCUT2D eigenvalue weighted by atomic mass is 15.1. The van der Waals surface area contributed by atoms with E-state index < -0.39 is 0 Å². The highest BCUT2D eigenvalue weighted by molar-refractivity contribution is 5.97. The summed E-state index contributed by atoms with van der Waals surface area (Å²) in [7, 11) is 0. The van der Waals surface area contributed by atoms with E-state index in [1.54, 1.807) is 0 Å². The van der Waals surface area contributed by atoms with E-state index in [4.69, 9.17) is 0 Å². The zero-order valence-corrected chi connectivity index (χ0v) is 36.9. The van der Waals surface area contributed by atoms with Crippen molar-refractivity contribution in [1.82, 2.24) is 0 Å². The van der Waals surface area contributed by atoms with Gasteiger partial charge in [-0.3, -0.25) is 0 Å². The third-order valence-corrected chi connectivity index (χ3v) is 14.3. The Morgan fingerprint density at radius 3 is 1.23 bits per heavy atom. The Hall–Kier alpha value is -8.00. The molecule has 0 aliphatic heterocycles. The van der Waals surface area contributed by atoms with E-state index in [9.17, 15) is 0 Å². The second-order valence-electron chi connectivity index (χ2n) is 17.9. The minimum Gasteiger partial charge on any atom is -0.310 e. The summed E-state index contributed by atoms with van der Waals surface area (Å²) >= 11 is 0. The molecule has 2 aliphatic rings. The summed E-state index contributed by atoms with van der Waals surface area (Å²) in [4.78, 5) is 2.44. The molecular weight excluding hydrogens is 795 g/mol. The average Bonchev–Trinajstić information content (AvgIpc) is 4.01. The number of anilines is 3. The molecule has 12 rings (SSSR count). The van der Waals surface area contributed by atoms with Gasteiger partial charge in [-0.1, -0.05) is 225 Å². The fraction of sp³-hybridized carbons (Fsp3) is 0.0769. The molecule has 0 amide bonds. The predicted octanol–water partition coefficient (Wildman–Crippen LogP) is 18.0. The van der Waals surface area contributed by atoms with Crippen molar-refractivity contribution in [3.8, 4) is 77.9 Å². The normalized spacial score (nSPS) is 13.3. The molecule has 0 aromatic heterocycles. The van der Waals surface area contributed by atoms with Gasteiger partial charge in [0.1, 0.15) is 0 Å².